The molecule has 0 aliphatic rings. The topological polar surface area (TPSA) is 82.9 Å². The monoisotopic (exact) mass is 276 g/mol. The molecule has 0 bridgehead atoms. The van der Waals surface area contributed by atoms with Crippen molar-refractivity contribution in [2.45, 2.75) is 6.92 Å². The normalized spacial score (nSPS) is 10.8. The molecule has 0 radical (unpaired) electrons. The molecule has 0 spiro atoms. The van der Waals surface area contributed by atoms with E-state index in [1.807, 2.05) is 36.1 Å². The number of aliphatic hydroxyl groups excluding tert-OH is 2. The van der Waals surface area contributed by atoms with Crippen molar-refractivity contribution in [2.75, 3.05) is 36.9 Å². The number of anilines is 2. The molecule has 0 aliphatic heterocycles. The molecule has 1 aromatic heterocycles. The zero-order valence-corrected chi connectivity index (χ0v) is 11.5. The molecule has 0 aliphatic carbocycles. The SMILES string of the molecule is Cc1coc(-c2cc(N(CCO)CCO)ccc2N)c1. The van der Waals surface area contributed by atoms with Crippen LogP contribution in [0.1, 0.15) is 5.56 Å². The van der Waals surface area contributed by atoms with Gasteiger partial charge in [0.2, 0.25) is 0 Å². The zero-order valence-electron chi connectivity index (χ0n) is 11.5. The van der Waals surface area contributed by atoms with Crippen LogP contribution in [-0.4, -0.2) is 36.5 Å². The van der Waals surface area contributed by atoms with Gasteiger partial charge in [-0.1, -0.05) is 0 Å². The van der Waals surface area contributed by atoms with Gasteiger partial charge in [-0.15, -0.1) is 0 Å². The second-order valence-corrected chi connectivity index (χ2v) is 4.69. The Balaban J connectivity index is 2.36. The Morgan fingerprint density at radius 1 is 1.15 bits per heavy atom. The Hall–Kier alpha value is -1.98. The van der Waals surface area contributed by atoms with Gasteiger partial charge in [-0.3, -0.25) is 0 Å². The van der Waals surface area contributed by atoms with E-state index >= 15 is 0 Å². The minimum atomic E-state index is 0.0274. The quantitative estimate of drug-likeness (QED) is 0.698. The lowest BCUT2D eigenvalue weighted by atomic mass is 10.1. The molecule has 2 aromatic rings. The van der Waals surface area contributed by atoms with E-state index in [0.29, 0.717) is 18.8 Å². The number of hydrogen-bond acceptors (Lipinski definition) is 5. The first-order valence-electron chi connectivity index (χ1n) is 6.57. The summed E-state index contributed by atoms with van der Waals surface area (Å²) in [4.78, 5) is 1.90. The van der Waals surface area contributed by atoms with Crippen LogP contribution in [0.3, 0.4) is 0 Å². The molecule has 0 unspecified atom stereocenters. The Morgan fingerprint density at radius 3 is 2.40 bits per heavy atom. The van der Waals surface area contributed by atoms with Crippen LogP contribution in [0.2, 0.25) is 0 Å². The second-order valence-electron chi connectivity index (χ2n) is 4.69. The highest BCUT2D eigenvalue weighted by atomic mass is 16.3. The molecule has 1 heterocycles. The van der Waals surface area contributed by atoms with Gasteiger partial charge in [0.25, 0.3) is 0 Å². The van der Waals surface area contributed by atoms with E-state index in [9.17, 15) is 0 Å². The van der Waals surface area contributed by atoms with Crippen LogP contribution in [0.4, 0.5) is 11.4 Å². The third kappa shape index (κ3) is 3.12. The number of rotatable bonds is 6. The van der Waals surface area contributed by atoms with E-state index in [0.717, 1.165) is 22.6 Å². The Kier molecular flexibility index (Phi) is 4.65. The maximum atomic E-state index is 9.10. The fourth-order valence-corrected chi connectivity index (χ4v) is 2.14. The highest BCUT2D eigenvalue weighted by molar-refractivity contribution is 5.77. The first kappa shape index (κ1) is 14.4. The minimum absolute atomic E-state index is 0.0274. The van der Waals surface area contributed by atoms with Gasteiger partial charge in [0.05, 0.1) is 19.5 Å². The second kappa shape index (κ2) is 6.45. The number of furan rings is 1. The van der Waals surface area contributed by atoms with Gasteiger partial charge in [0, 0.05) is 30.0 Å². The van der Waals surface area contributed by atoms with Crippen molar-refractivity contribution in [3.05, 3.63) is 36.1 Å². The van der Waals surface area contributed by atoms with Crippen LogP contribution < -0.4 is 10.6 Å². The number of benzene rings is 1. The molecular formula is C15H20N2O3. The number of aliphatic hydroxyl groups is 2. The Bertz CT molecular complexity index is 560. The Labute approximate surface area is 118 Å². The van der Waals surface area contributed by atoms with Crippen LogP contribution >= 0.6 is 0 Å². The van der Waals surface area contributed by atoms with E-state index in [4.69, 9.17) is 20.4 Å². The highest BCUT2D eigenvalue weighted by Gasteiger charge is 2.11. The summed E-state index contributed by atoms with van der Waals surface area (Å²) in [5.74, 6) is 0.717. The summed E-state index contributed by atoms with van der Waals surface area (Å²) in [6.45, 7) is 2.93. The molecule has 0 saturated carbocycles. The largest absolute Gasteiger partial charge is 0.464 e. The molecule has 2 rings (SSSR count). The standard InChI is InChI=1S/C15H20N2O3/c1-11-8-15(20-10-11)13-9-12(2-3-14(13)16)17(4-6-18)5-7-19/h2-3,8-10,18-19H,4-7,16H2,1H3. The first-order valence-corrected chi connectivity index (χ1v) is 6.57. The van der Waals surface area contributed by atoms with Crippen LogP contribution in [0.5, 0.6) is 0 Å². The van der Waals surface area contributed by atoms with Crippen molar-refractivity contribution in [3.8, 4) is 11.3 Å². The lowest BCUT2D eigenvalue weighted by molar-refractivity contribution is 0.281. The van der Waals surface area contributed by atoms with Crippen molar-refractivity contribution < 1.29 is 14.6 Å². The number of nitrogen functional groups attached to an aromatic ring is 1. The van der Waals surface area contributed by atoms with Gasteiger partial charge < -0.3 is 25.3 Å². The molecule has 108 valence electrons. The summed E-state index contributed by atoms with van der Waals surface area (Å²) in [5.41, 5.74) is 9.38. The molecule has 20 heavy (non-hydrogen) atoms. The first-order chi connectivity index (χ1) is 9.65. The van der Waals surface area contributed by atoms with E-state index < -0.39 is 0 Å². The fraction of sp³-hybridized carbons (Fsp3) is 0.333. The van der Waals surface area contributed by atoms with E-state index in [-0.39, 0.29) is 13.2 Å². The van der Waals surface area contributed by atoms with Gasteiger partial charge in [0.15, 0.2) is 0 Å². The van der Waals surface area contributed by atoms with Crippen LogP contribution in [0, 0.1) is 6.92 Å². The van der Waals surface area contributed by atoms with Gasteiger partial charge in [-0.25, -0.2) is 0 Å². The summed E-state index contributed by atoms with van der Waals surface area (Å²) < 4.78 is 5.49. The molecule has 0 amide bonds. The predicted molar refractivity (Wildman–Crippen MR) is 79.7 cm³/mol. The molecule has 5 heteroatoms. The van der Waals surface area contributed by atoms with Crippen molar-refractivity contribution in [3.63, 3.8) is 0 Å². The number of aryl methyl sites for hydroxylation is 1. The van der Waals surface area contributed by atoms with Gasteiger partial charge in [-0.05, 0) is 36.8 Å². The molecule has 0 saturated heterocycles. The average molecular weight is 276 g/mol. The molecule has 0 fully saturated rings. The van der Waals surface area contributed by atoms with Crippen LogP contribution in [0.15, 0.2) is 34.9 Å². The fourth-order valence-electron chi connectivity index (χ4n) is 2.14. The average Bonchev–Trinajstić information content (AvgIpc) is 2.86. The van der Waals surface area contributed by atoms with E-state index in [1.54, 1.807) is 6.26 Å². The third-order valence-corrected chi connectivity index (χ3v) is 3.14. The maximum absolute atomic E-state index is 9.10. The van der Waals surface area contributed by atoms with Gasteiger partial charge in [0.1, 0.15) is 5.76 Å². The molecule has 5 nitrogen and oxygen atoms in total. The summed E-state index contributed by atoms with van der Waals surface area (Å²) in [6, 6.07) is 7.53. The lowest BCUT2D eigenvalue weighted by Crippen LogP contribution is -2.29. The smallest absolute Gasteiger partial charge is 0.136 e. The number of hydrogen-bond donors (Lipinski definition) is 3. The Morgan fingerprint density at radius 2 is 1.85 bits per heavy atom. The number of nitrogens with zero attached hydrogens (tertiary/aromatic N) is 1. The van der Waals surface area contributed by atoms with Gasteiger partial charge >= 0.3 is 0 Å². The lowest BCUT2D eigenvalue weighted by Gasteiger charge is -2.23. The molecular weight excluding hydrogens is 256 g/mol. The molecule has 0 atom stereocenters. The maximum Gasteiger partial charge on any atom is 0.136 e. The minimum Gasteiger partial charge on any atom is -0.464 e. The highest BCUT2D eigenvalue weighted by Crippen LogP contribution is 2.31. The van der Waals surface area contributed by atoms with Crippen LogP contribution in [-0.2, 0) is 0 Å². The molecule has 4 N–H and O–H groups in total. The molecule has 1 aromatic carbocycles. The van der Waals surface area contributed by atoms with E-state index in [1.165, 1.54) is 0 Å². The zero-order chi connectivity index (χ0) is 14.5. The summed E-state index contributed by atoms with van der Waals surface area (Å²) in [6.07, 6.45) is 1.68. The van der Waals surface area contributed by atoms with E-state index in [2.05, 4.69) is 0 Å². The van der Waals surface area contributed by atoms with Crippen LogP contribution in [0.25, 0.3) is 11.3 Å². The van der Waals surface area contributed by atoms with Crippen molar-refractivity contribution in [1.82, 2.24) is 0 Å². The van der Waals surface area contributed by atoms with Crippen molar-refractivity contribution in [2.24, 2.45) is 0 Å². The van der Waals surface area contributed by atoms with Gasteiger partial charge in [-0.2, -0.15) is 0 Å². The van der Waals surface area contributed by atoms with Crippen molar-refractivity contribution in [1.29, 1.82) is 0 Å². The predicted octanol–water partition coefficient (Wildman–Crippen LogP) is 1.63. The summed E-state index contributed by atoms with van der Waals surface area (Å²) >= 11 is 0. The summed E-state index contributed by atoms with van der Waals surface area (Å²) in [7, 11) is 0. The number of nitrogens with two attached hydrogens (primary N) is 1. The third-order valence-electron chi connectivity index (χ3n) is 3.14. The van der Waals surface area contributed by atoms with Crippen molar-refractivity contribution >= 4 is 11.4 Å². The summed E-state index contributed by atoms with van der Waals surface area (Å²) in [5, 5.41) is 18.2.